The molecule has 1 aliphatic rings. The molecule has 1 aliphatic heterocycles. The summed E-state index contributed by atoms with van der Waals surface area (Å²) in [6, 6.07) is 1.98. The molecule has 2 rings (SSSR count). The van der Waals surface area contributed by atoms with Gasteiger partial charge in [-0.2, -0.15) is 0 Å². The second kappa shape index (κ2) is 5.61. The van der Waals surface area contributed by atoms with Gasteiger partial charge in [0.15, 0.2) is 0 Å². The summed E-state index contributed by atoms with van der Waals surface area (Å²) in [6.45, 7) is 8.91. The number of carbonyl (C=O) groups excluding carboxylic acids is 1. The molecule has 0 bridgehead atoms. The van der Waals surface area contributed by atoms with Gasteiger partial charge in [-0.05, 0) is 43.6 Å². The highest BCUT2D eigenvalue weighted by Crippen LogP contribution is 2.36. The Morgan fingerprint density at radius 3 is 2.63 bits per heavy atom. The van der Waals surface area contributed by atoms with Crippen molar-refractivity contribution in [2.75, 3.05) is 18.4 Å². The zero-order chi connectivity index (χ0) is 14.0. The van der Waals surface area contributed by atoms with Crippen LogP contribution in [-0.2, 0) is 17.8 Å². The number of benzene rings is 1. The largest absolute Gasteiger partial charge is 0.507 e. The third kappa shape index (κ3) is 2.73. The molecule has 2 N–H and O–H groups in total. The summed E-state index contributed by atoms with van der Waals surface area (Å²) in [6.07, 6.45) is 1.08. The molecule has 0 unspecified atom stereocenters. The summed E-state index contributed by atoms with van der Waals surface area (Å²) < 4.78 is 0. The summed E-state index contributed by atoms with van der Waals surface area (Å²) in [4.78, 5) is 13.9. The minimum atomic E-state index is 0.0385. The van der Waals surface area contributed by atoms with Gasteiger partial charge in [0, 0.05) is 18.5 Å². The molecule has 4 nitrogen and oxygen atoms in total. The summed E-state index contributed by atoms with van der Waals surface area (Å²) in [5, 5.41) is 13.1. The van der Waals surface area contributed by atoms with E-state index in [0.717, 1.165) is 42.0 Å². The van der Waals surface area contributed by atoms with Crippen LogP contribution in [0.4, 0.5) is 5.69 Å². The van der Waals surface area contributed by atoms with Gasteiger partial charge in [0.25, 0.3) is 0 Å². The van der Waals surface area contributed by atoms with Gasteiger partial charge in [-0.15, -0.1) is 0 Å². The van der Waals surface area contributed by atoms with Gasteiger partial charge in [-0.25, -0.2) is 0 Å². The normalized spacial score (nSPS) is 14.4. The monoisotopic (exact) mass is 262 g/mol. The van der Waals surface area contributed by atoms with E-state index in [2.05, 4.69) is 24.1 Å². The first-order valence-corrected chi connectivity index (χ1v) is 6.93. The van der Waals surface area contributed by atoms with Crippen LogP contribution in [0.3, 0.4) is 0 Å². The van der Waals surface area contributed by atoms with Crippen molar-refractivity contribution >= 4 is 11.6 Å². The number of aryl methyl sites for hydroxylation is 1. The molecule has 104 valence electrons. The van der Waals surface area contributed by atoms with Crippen molar-refractivity contribution in [2.45, 2.75) is 40.2 Å². The number of fused-ring (bicyclic) bond motifs is 1. The Labute approximate surface area is 114 Å². The smallest absolute Gasteiger partial charge is 0.224 e. The predicted molar refractivity (Wildman–Crippen MR) is 76.4 cm³/mol. The van der Waals surface area contributed by atoms with Gasteiger partial charge in [0.2, 0.25) is 5.91 Å². The van der Waals surface area contributed by atoms with E-state index in [-0.39, 0.29) is 5.91 Å². The van der Waals surface area contributed by atoms with Gasteiger partial charge in [-0.1, -0.05) is 13.8 Å². The van der Waals surface area contributed by atoms with Gasteiger partial charge in [0.05, 0.1) is 5.69 Å². The molecule has 1 heterocycles. The van der Waals surface area contributed by atoms with Crippen LogP contribution < -0.4 is 5.32 Å². The molecule has 0 saturated carbocycles. The number of nitrogens with one attached hydrogen (secondary N) is 1. The number of nitrogens with zero attached hydrogens (tertiary/aromatic N) is 1. The van der Waals surface area contributed by atoms with Gasteiger partial charge < -0.3 is 10.4 Å². The van der Waals surface area contributed by atoms with Crippen LogP contribution >= 0.6 is 0 Å². The summed E-state index contributed by atoms with van der Waals surface area (Å²) in [5.74, 6) is 0.370. The molecule has 0 fully saturated rings. The number of phenols is 1. The van der Waals surface area contributed by atoms with E-state index < -0.39 is 0 Å². The minimum Gasteiger partial charge on any atom is -0.507 e. The van der Waals surface area contributed by atoms with Gasteiger partial charge >= 0.3 is 0 Å². The fourth-order valence-electron chi connectivity index (χ4n) is 2.60. The number of hydrogen-bond acceptors (Lipinski definition) is 3. The highest BCUT2D eigenvalue weighted by molar-refractivity contribution is 5.95. The number of anilines is 1. The highest BCUT2D eigenvalue weighted by Gasteiger charge is 2.23. The van der Waals surface area contributed by atoms with E-state index in [1.54, 1.807) is 0 Å². The molecular weight excluding hydrogens is 240 g/mol. The number of amides is 1. The third-order valence-corrected chi connectivity index (χ3v) is 3.83. The molecule has 0 radical (unpaired) electrons. The third-order valence-electron chi connectivity index (χ3n) is 3.83. The zero-order valence-corrected chi connectivity index (χ0v) is 11.9. The molecule has 0 saturated heterocycles. The maximum atomic E-state index is 11.6. The fraction of sp³-hybridized carbons (Fsp3) is 0.533. The second-order valence-electron chi connectivity index (χ2n) is 5.06. The summed E-state index contributed by atoms with van der Waals surface area (Å²) in [5.41, 5.74) is 3.70. The topological polar surface area (TPSA) is 52.6 Å². The number of rotatable bonds is 4. The van der Waals surface area contributed by atoms with Crippen molar-refractivity contribution in [3.8, 4) is 5.75 Å². The molecule has 0 spiro atoms. The number of phenolic OH excluding ortho intramolecular Hbond substituents is 1. The highest BCUT2D eigenvalue weighted by atomic mass is 16.3. The Bertz CT molecular complexity index is 493. The molecule has 1 aromatic carbocycles. The van der Waals surface area contributed by atoms with Crippen LogP contribution in [0, 0.1) is 6.92 Å². The van der Waals surface area contributed by atoms with Gasteiger partial charge in [-0.3, -0.25) is 9.69 Å². The summed E-state index contributed by atoms with van der Waals surface area (Å²) in [7, 11) is 0. The van der Waals surface area contributed by atoms with E-state index in [1.807, 2.05) is 13.0 Å². The molecule has 1 aromatic rings. The van der Waals surface area contributed by atoms with Crippen molar-refractivity contribution in [2.24, 2.45) is 0 Å². The average Bonchev–Trinajstić information content (AvgIpc) is 2.41. The van der Waals surface area contributed by atoms with E-state index in [0.29, 0.717) is 18.6 Å². The first-order valence-electron chi connectivity index (χ1n) is 6.93. The number of carbonyl (C=O) groups is 1. The Morgan fingerprint density at radius 2 is 2.00 bits per heavy atom. The molecule has 0 atom stereocenters. The van der Waals surface area contributed by atoms with Crippen LogP contribution in [0.2, 0.25) is 0 Å². The van der Waals surface area contributed by atoms with E-state index in [4.69, 9.17) is 0 Å². The van der Waals surface area contributed by atoms with E-state index in [9.17, 15) is 9.90 Å². The quantitative estimate of drug-likeness (QED) is 0.876. The SMILES string of the molecule is CCN(CC)Cc1cc(C)c(O)c2c1NC(=O)CC2. The molecular formula is C15H22N2O2. The second-order valence-corrected chi connectivity index (χ2v) is 5.06. The lowest BCUT2D eigenvalue weighted by Gasteiger charge is -2.26. The van der Waals surface area contributed by atoms with Crippen molar-refractivity contribution in [1.82, 2.24) is 4.90 Å². The fourth-order valence-corrected chi connectivity index (χ4v) is 2.60. The molecule has 4 heteroatoms. The Balaban J connectivity index is 2.43. The lowest BCUT2D eigenvalue weighted by molar-refractivity contribution is -0.116. The van der Waals surface area contributed by atoms with Crippen LogP contribution in [0.5, 0.6) is 5.75 Å². The van der Waals surface area contributed by atoms with E-state index in [1.165, 1.54) is 0 Å². The van der Waals surface area contributed by atoms with Crippen molar-refractivity contribution in [1.29, 1.82) is 0 Å². The Morgan fingerprint density at radius 1 is 1.32 bits per heavy atom. The van der Waals surface area contributed by atoms with Crippen LogP contribution in [0.25, 0.3) is 0 Å². The lowest BCUT2D eigenvalue weighted by Crippen LogP contribution is -2.26. The van der Waals surface area contributed by atoms with Crippen molar-refractivity contribution < 1.29 is 9.90 Å². The lowest BCUT2D eigenvalue weighted by atomic mass is 9.94. The first kappa shape index (κ1) is 13.9. The van der Waals surface area contributed by atoms with Crippen LogP contribution in [-0.4, -0.2) is 29.0 Å². The van der Waals surface area contributed by atoms with Crippen molar-refractivity contribution in [3.05, 3.63) is 22.8 Å². The molecule has 1 amide bonds. The Kier molecular flexibility index (Phi) is 4.10. The van der Waals surface area contributed by atoms with Crippen molar-refractivity contribution in [3.63, 3.8) is 0 Å². The Hall–Kier alpha value is -1.55. The molecule has 0 aliphatic carbocycles. The first-order chi connectivity index (χ1) is 9.06. The van der Waals surface area contributed by atoms with Crippen LogP contribution in [0.1, 0.15) is 37.0 Å². The maximum absolute atomic E-state index is 11.6. The zero-order valence-electron chi connectivity index (χ0n) is 11.9. The maximum Gasteiger partial charge on any atom is 0.224 e. The number of hydrogen-bond donors (Lipinski definition) is 2. The van der Waals surface area contributed by atoms with Gasteiger partial charge in [0.1, 0.15) is 5.75 Å². The predicted octanol–water partition coefficient (Wildman–Crippen LogP) is 2.43. The van der Waals surface area contributed by atoms with E-state index >= 15 is 0 Å². The molecule has 0 aromatic heterocycles. The number of aromatic hydroxyl groups is 1. The van der Waals surface area contributed by atoms with Crippen LogP contribution in [0.15, 0.2) is 6.07 Å². The minimum absolute atomic E-state index is 0.0385. The summed E-state index contributed by atoms with van der Waals surface area (Å²) >= 11 is 0. The standard InChI is InChI=1S/C15H22N2O2/c1-4-17(5-2)9-11-8-10(3)15(19)12-6-7-13(18)16-14(11)12/h8,19H,4-7,9H2,1-3H3,(H,16,18). The average molecular weight is 262 g/mol. The molecule has 19 heavy (non-hydrogen) atoms.